The van der Waals surface area contributed by atoms with Gasteiger partial charge in [0.25, 0.3) is 0 Å². The SMILES string of the molecule is COc1ccc(OCCCC(=O)N2CCC(C(=O)O)C2C)cc1. The van der Waals surface area contributed by atoms with Crippen LogP contribution in [0.4, 0.5) is 0 Å². The van der Waals surface area contributed by atoms with E-state index in [-0.39, 0.29) is 11.9 Å². The topological polar surface area (TPSA) is 76.1 Å². The number of nitrogens with zero attached hydrogens (tertiary/aromatic N) is 1. The number of likely N-dealkylation sites (tertiary alicyclic amines) is 1. The van der Waals surface area contributed by atoms with Gasteiger partial charge in [-0.2, -0.15) is 0 Å². The number of aliphatic carboxylic acids is 1. The third-order valence-electron chi connectivity index (χ3n) is 4.26. The van der Waals surface area contributed by atoms with Crippen LogP contribution < -0.4 is 9.47 Å². The Morgan fingerprint density at radius 1 is 1.26 bits per heavy atom. The number of carboxylic acids is 1. The lowest BCUT2D eigenvalue weighted by Crippen LogP contribution is -2.37. The van der Waals surface area contributed by atoms with E-state index in [2.05, 4.69) is 0 Å². The van der Waals surface area contributed by atoms with Gasteiger partial charge in [-0.15, -0.1) is 0 Å². The molecule has 0 aliphatic carbocycles. The molecule has 0 radical (unpaired) electrons. The minimum Gasteiger partial charge on any atom is -0.497 e. The van der Waals surface area contributed by atoms with E-state index < -0.39 is 11.9 Å². The molecule has 2 atom stereocenters. The smallest absolute Gasteiger partial charge is 0.308 e. The summed E-state index contributed by atoms with van der Waals surface area (Å²) in [4.78, 5) is 24.9. The lowest BCUT2D eigenvalue weighted by molar-refractivity contribution is -0.143. The predicted molar refractivity (Wildman–Crippen MR) is 84.6 cm³/mol. The molecule has 0 aromatic heterocycles. The van der Waals surface area contributed by atoms with Gasteiger partial charge in [-0.05, 0) is 44.0 Å². The van der Waals surface area contributed by atoms with Crippen LogP contribution in [0.5, 0.6) is 11.5 Å². The van der Waals surface area contributed by atoms with E-state index in [1.165, 1.54) is 0 Å². The lowest BCUT2D eigenvalue weighted by atomic mass is 10.0. The number of carbonyl (C=O) groups excluding carboxylic acids is 1. The molecular formula is C17H23NO5. The Balaban J connectivity index is 1.71. The summed E-state index contributed by atoms with van der Waals surface area (Å²) in [6, 6.07) is 7.04. The molecule has 1 heterocycles. The molecule has 2 unspecified atom stereocenters. The van der Waals surface area contributed by atoms with Crippen molar-refractivity contribution in [2.24, 2.45) is 5.92 Å². The minimum absolute atomic E-state index is 0.000388. The first-order valence-electron chi connectivity index (χ1n) is 7.82. The Morgan fingerprint density at radius 3 is 2.48 bits per heavy atom. The third-order valence-corrected chi connectivity index (χ3v) is 4.26. The van der Waals surface area contributed by atoms with Crippen LogP contribution in [-0.2, 0) is 9.59 Å². The van der Waals surface area contributed by atoms with Crippen molar-refractivity contribution in [1.29, 1.82) is 0 Å². The largest absolute Gasteiger partial charge is 0.497 e. The zero-order valence-corrected chi connectivity index (χ0v) is 13.5. The zero-order valence-electron chi connectivity index (χ0n) is 13.5. The summed E-state index contributed by atoms with van der Waals surface area (Å²) in [6.45, 7) is 2.77. The van der Waals surface area contributed by atoms with Crippen LogP contribution >= 0.6 is 0 Å². The van der Waals surface area contributed by atoms with Crippen LogP contribution in [0.15, 0.2) is 24.3 Å². The van der Waals surface area contributed by atoms with E-state index in [0.717, 1.165) is 11.5 Å². The number of hydrogen-bond donors (Lipinski definition) is 1. The molecule has 0 spiro atoms. The van der Waals surface area contributed by atoms with Crippen LogP contribution in [0.25, 0.3) is 0 Å². The first-order valence-corrected chi connectivity index (χ1v) is 7.82. The van der Waals surface area contributed by atoms with E-state index in [4.69, 9.17) is 14.6 Å². The van der Waals surface area contributed by atoms with Crippen molar-refractivity contribution in [3.63, 3.8) is 0 Å². The van der Waals surface area contributed by atoms with Gasteiger partial charge in [-0.25, -0.2) is 0 Å². The molecule has 1 saturated heterocycles. The van der Waals surface area contributed by atoms with Crippen molar-refractivity contribution in [2.45, 2.75) is 32.2 Å². The Morgan fingerprint density at radius 2 is 1.91 bits per heavy atom. The van der Waals surface area contributed by atoms with Gasteiger partial charge < -0.3 is 19.5 Å². The van der Waals surface area contributed by atoms with Gasteiger partial charge in [0.15, 0.2) is 0 Å². The number of carboxylic acid groups (broad SMARTS) is 1. The average Bonchev–Trinajstić information content (AvgIpc) is 2.94. The molecule has 0 bridgehead atoms. The van der Waals surface area contributed by atoms with Gasteiger partial charge >= 0.3 is 5.97 Å². The van der Waals surface area contributed by atoms with Gasteiger partial charge in [-0.3, -0.25) is 9.59 Å². The summed E-state index contributed by atoms with van der Waals surface area (Å²) in [5.41, 5.74) is 0. The van der Waals surface area contributed by atoms with Crippen molar-refractivity contribution in [3.05, 3.63) is 24.3 Å². The highest BCUT2D eigenvalue weighted by molar-refractivity contribution is 5.79. The van der Waals surface area contributed by atoms with Crippen LogP contribution in [0.1, 0.15) is 26.2 Å². The van der Waals surface area contributed by atoms with E-state index in [9.17, 15) is 9.59 Å². The predicted octanol–water partition coefficient (Wildman–Crippen LogP) is 2.18. The molecule has 1 aromatic carbocycles. The minimum atomic E-state index is -0.823. The van der Waals surface area contributed by atoms with Gasteiger partial charge in [-0.1, -0.05) is 0 Å². The monoisotopic (exact) mass is 321 g/mol. The summed E-state index contributed by atoms with van der Waals surface area (Å²) in [5.74, 6) is 0.229. The molecular weight excluding hydrogens is 298 g/mol. The number of ether oxygens (including phenoxy) is 2. The van der Waals surface area contributed by atoms with E-state index in [0.29, 0.717) is 32.4 Å². The standard InChI is InChI=1S/C17H23NO5/c1-12-15(17(20)21)9-10-18(12)16(19)4-3-11-23-14-7-5-13(22-2)6-8-14/h5-8,12,15H,3-4,9-11H2,1-2H3,(H,20,21). The molecule has 126 valence electrons. The second-order valence-electron chi connectivity index (χ2n) is 5.69. The molecule has 1 aromatic rings. The number of benzene rings is 1. The van der Waals surface area contributed by atoms with Gasteiger partial charge in [0.1, 0.15) is 11.5 Å². The maximum absolute atomic E-state index is 12.2. The highest BCUT2D eigenvalue weighted by Gasteiger charge is 2.37. The Kier molecular flexibility index (Phi) is 5.84. The molecule has 23 heavy (non-hydrogen) atoms. The molecule has 1 aliphatic heterocycles. The summed E-state index contributed by atoms with van der Waals surface area (Å²) < 4.78 is 10.7. The molecule has 1 amide bonds. The van der Waals surface area contributed by atoms with E-state index in [1.807, 2.05) is 24.3 Å². The number of methoxy groups -OCH3 is 1. The van der Waals surface area contributed by atoms with Crippen LogP contribution in [0, 0.1) is 5.92 Å². The van der Waals surface area contributed by atoms with Crippen molar-refractivity contribution in [2.75, 3.05) is 20.3 Å². The fourth-order valence-electron chi connectivity index (χ4n) is 2.85. The summed E-state index contributed by atoms with van der Waals surface area (Å²) in [5, 5.41) is 9.09. The molecule has 1 aliphatic rings. The number of hydrogen-bond acceptors (Lipinski definition) is 4. The van der Waals surface area contributed by atoms with Crippen molar-refractivity contribution >= 4 is 11.9 Å². The van der Waals surface area contributed by atoms with Crippen molar-refractivity contribution < 1.29 is 24.2 Å². The molecule has 2 rings (SSSR count). The van der Waals surface area contributed by atoms with Gasteiger partial charge in [0.2, 0.25) is 5.91 Å². The molecule has 0 saturated carbocycles. The second kappa shape index (κ2) is 7.85. The van der Waals surface area contributed by atoms with E-state index in [1.54, 1.807) is 18.9 Å². The highest BCUT2D eigenvalue weighted by Crippen LogP contribution is 2.25. The average molecular weight is 321 g/mol. The number of amides is 1. The van der Waals surface area contributed by atoms with Crippen molar-refractivity contribution in [1.82, 2.24) is 4.90 Å². The van der Waals surface area contributed by atoms with Gasteiger partial charge in [0.05, 0.1) is 19.6 Å². The van der Waals surface area contributed by atoms with Crippen LogP contribution in [0.2, 0.25) is 0 Å². The quantitative estimate of drug-likeness (QED) is 0.779. The molecule has 1 N–H and O–H groups in total. The molecule has 1 fully saturated rings. The first kappa shape index (κ1) is 17.1. The highest BCUT2D eigenvalue weighted by atomic mass is 16.5. The fourth-order valence-corrected chi connectivity index (χ4v) is 2.85. The molecule has 6 heteroatoms. The van der Waals surface area contributed by atoms with Crippen molar-refractivity contribution in [3.8, 4) is 11.5 Å². The lowest BCUT2D eigenvalue weighted by Gasteiger charge is -2.23. The third kappa shape index (κ3) is 4.37. The summed E-state index contributed by atoms with van der Waals surface area (Å²) in [7, 11) is 1.61. The van der Waals surface area contributed by atoms with Gasteiger partial charge in [0, 0.05) is 19.0 Å². The maximum atomic E-state index is 12.2. The maximum Gasteiger partial charge on any atom is 0.308 e. The first-order chi connectivity index (χ1) is 11.0. The number of rotatable bonds is 7. The Labute approximate surface area is 136 Å². The Bertz CT molecular complexity index is 542. The van der Waals surface area contributed by atoms with Crippen LogP contribution in [-0.4, -0.2) is 48.2 Å². The second-order valence-corrected chi connectivity index (χ2v) is 5.69. The zero-order chi connectivity index (χ0) is 16.8. The van der Waals surface area contributed by atoms with Crippen LogP contribution in [0.3, 0.4) is 0 Å². The fraction of sp³-hybridized carbons (Fsp3) is 0.529. The normalized spacial score (nSPS) is 20.3. The molecule has 6 nitrogen and oxygen atoms in total. The summed E-state index contributed by atoms with van der Waals surface area (Å²) >= 11 is 0. The Hall–Kier alpha value is -2.24. The summed E-state index contributed by atoms with van der Waals surface area (Å²) in [6.07, 6.45) is 1.50. The van der Waals surface area contributed by atoms with E-state index >= 15 is 0 Å². The number of carbonyl (C=O) groups is 2.